The third-order valence-electron chi connectivity index (χ3n) is 1.85. The van der Waals surface area contributed by atoms with Crippen LogP contribution in [-0.2, 0) is 4.79 Å². The van der Waals surface area contributed by atoms with Crippen molar-refractivity contribution in [3.05, 3.63) is 42.1 Å². The molecule has 0 amide bonds. The first-order valence-electron chi connectivity index (χ1n) is 4.28. The van der Waals surface area contributed by atoms with E-state index in [1.54, 1.807) is 36.2 Å². The van der Waals surface area contributed by atoms with Crippen LogP contribution < -0.4 is 4.90 Å². The number of para-hydroxylation sites is 1. The minimum atomic E-state index is -1.02. The summed E-state index contributed by atoms with van der Waals surface area (Å²) in [5.41, 5.74) is 1.19. The molecule has 0 aliphatic rings. The van der Waals surface area contributed by atoms with E-state index in [1.807, 2.05) is 6.07 Å². The summed E-state index contributed by atoms with van der Waals surface area (Å²) in [7, 11) is 1.69. The molecule has 0 radical (unpaired) electrons. The largest absolute Gasteiger partial charge is 0.478 e. The highest BCUT2D eigenvalue weighted by Crippen LogP contribution is 2.17. The smallest absolute Gasteiger partial charge is 0.329 e. The van der Waals surface area contributed by atoms with Crippen LogP contribution in [-0.4, -0.2) is 18.1 Å². The zero-order valence-electron chi connectivity index (χ0n) is 8.21. The Kier molecular flexibility index (Phi) is 3.47. The third-order valence-corrected chi connectivity index (χ3v) is 1.85. The molecule has 0 aliphatic carbocycles. The van der Waals surface area contributed by atoms with Crippen LogP contribution in [0.2, 0.25) is 0 Å². The first-order valence-corrected chi connectivity index (χ1v) is 4.28. The highest BCUT2D eigenvalue weighted by atomic mass is 16.4. The molecule has 76 valence electrons. The first-order chi connectivity index (χ1) is 7.15. The van der Waals surface area contributed by atoms with Crippen molar-refractivity contribution in [1.82, 2.24) is 0 Å². The van der Waals surface area contributed by atoms with Gasteiger partial charge in [0.1, 0.15) is 6.07 Å². The summed E-state index contributed by atoms with van der Waals surface area (Å²) < 4.78 is 0. The number of anilines is 1. The molecule has 0 spiro atoms. The Hall–Kier alpha value is -2.28. The summed E-state index contributed by atoms with van der Waals surface area (Å²) in [6.07, 6.45) is 2.42. The number of carboxylic acids is 1. The molecule has 0 saturated heterocycles. The second-order valence-electron chi connectivity index (χ2n) is 2.89. The SMILES string of the molecule is CN(C=CC(=O)O)c1ccccc1C#N. The van der Waals surface area contributed by atoms with Gasteiger partial charge < -0.3 is 10.0 Å². The summed E-state index contributed by atoms with van der Waals surface area (Å²) >= 11 is 0. The number of benzene rings is 1. The van der Waals surface area contributed by atoms with E-state index in [0.717, 1.165) is 6.08 Å². The van der Waals surface area contributed by atoms with Gasteiger partial charge in [-0.2, -0.15) is 5.26 Å². The summed E-state index contributed by atoms with van der Waals surface area (Å²) in [6.45, 7) is 0. The zero-order chi connectivity index (χ0) is 11.3. The second-order valence-corrected chi connectivity index (χ2v) is 2.89. The van der Waals surface area contributed by atoms with Crippen molar-refractivity contribution in [3.63, 3.8) is 0 Å². The predicted octanol–water partition coefficient (Wildman–Crippen LogP) is 1.59. The van der Waals surface area contributed by atoms with Gasteiger partial charge in [-0.3, -0.25) is 0 Å². The molecule has 0 bridgehead atoms. The summed E-state index contributed by atoms with van der Waals surface area (Å²) in [4.78, 5) is 11.9. The molecule has 0 heterocycles. The molecule has 1 aromatic rings. The number of carbonyl (C=O) groups is 1. The van der Waals surface area contributed by atoms with Crippen molar-refractivity contribution >= 4 is 11.7 Å². The quantitative estimate of drug-likeness (QED) is 0.756. The van der Waals surface area contributed by atoms with Gasteiger partial charge in [0, 0.05) is 19.3 Å². The Morgan fingerprint density at radius 2 is 2.20 bits per heavy atom. The Labute approximate surface area is 87.7 Å². The summed E-state index contributed by atoms with van der Waals surface area (Å²) in [6, 6.07) is 9.03. The Balaban J connectivity index is 2.96. The van der Waals surface area contributed by atoms with Gasteiger partial charge in [0.25, 0.3) is 0 Å². The highest BCUT2D eigenvalue weighted by molar-refractivity contribution is 5.80. The lowest BCUT2D eigenvalue weighted by atomic mass is 10.2. The van der Waals surface area contributed by atoms with Crippen molar-refractivity contribution in [2.75, 3.05) is 11.9 Å². The van der Waals surface area contributed by atoms with Crippen molar-refractivity contribution in [2.45, 2.75) is 0 Å². The van der Waals surface area contributed by atoms with Crippen LogP contribution in [0.5, 0.6) is 0 Å². The maximum absolute atomic E-state index is 10.3. The van der Waals surface area contributed by atoms with E-state index >= 15 is 0 Å². The van der Waals surface area contributed by atoms with E-state index in [4.69, 9.17) is 10.4 Å². The Morgan fingerprint density at radius 3 is 2.80 bits per heavy atom. The van der Waals surface area contributed by atoms with Crippen molar-refractivity contribution in [2.24, 2.45) is 0 Å². The van der Waals surface area contributed by atoms with Crippen LogP contribution in [0.4, 0.5) is 5.69 Å². The topological polar surface area (TPSA) is 64.3 Å². The van der Waals surface area contributed by atoms with Crippen molar-refractivity contribution < 1.29 is 9.90 Å². The van der Waals surface area contributed by atoms with Gasteiger partial charge in [-0.25, -0.2) is 4.79 Å². The maximum Gasteiger partial charge on any atom is 0.329 e. The monoisotopic (exact) mass is 202 g/mol. The number of nitrogens with zero attached hydrogens (tertiary/aromatic N) is 2. The van der Waals surface area contributed by atoms with Gasteiger partial charge in [0.2, 0.25) is 0 Å². The van der Waals surface area contributed by atoms with Crippen molar-refractivity contribution in [3.8, 4) is 6.07 Å². The lowest BCUT2D eigenvalue weighted by molar-refractivity contribution is -0.131. The average Bonchev–Trinajstić information content (AvgIpc) is 2.25. The molecule has 0 atom stereocenters. The van der Waals surface area contributed by atoms with E-state index in [2.05, 4.69) is 0 Å². The van der Waals surface area contributed by atoms with Crippen LogP contribution in [0.25, 0.3) is 0 Å². The fraction of sp³-hybridized carbons (Fsp3) is 0.0909. The molecular weight excluding hydrogens is 192 g/mol. The van der Waals surface area contributed by atoms with Gasteiger partial charge >= 0.3 is 5.97 Å². The molecule has 1 N–H and O–H groups in total. The number of hydrogen-bond acceptors (Lipinski definition) is 3. The van der Waals surface area contributed by atoms with E-state index in [0.29, 0.717) is 11.3 Å². The molecule has 0 saturated carbocycles. The van der Waals surface area contributed by atoms with E-state index in [9.17, 15) is 4.79 Å². The van der Waals surface area contributed by atoms with Crippen LogP contribution in [0.15, 0.2) is 36.5 Å². The van der Waals surface area contributed by atoms with Gasteiger partial charge in [0.15, 0.2) is 0 Å². The highest BCUT2D eigenvalue weighted by Gasteiger charge is 2.03. The molecule has 15 heavy (non-hydrogen) atoms. The van der Waals surface area contributed by atoms with Crippen LogP contribution in [0.1, 0.15) is 5.56 Å². The van der Waals surface area contributed by atoms with Crippen LogP contribution >= 0.6 is 0 Å². The zero-order valence-corrected chi connectivity index (χ0v) is 8.21. The second kappa shape index (κ2) is 4.82. The normalized spacial score (nSPS) is 9.87. The predicted molar refractivity (Wildman–Crippen MR) is 56.3 cm³/mol. The van der Waals surface area contributed by atoms with Gasteiger partial charge in [-0.15, -0.1) is 0 Å². The molecule has 0 unspecified atom stereocenters. The fourth-order valence-electron chi connectivity index (χ4n) is 1.13. The molecule has 0 fully saturated rings. The molecular formula is C11H10N2O2. The molecule has 0 aromatic heterocycles. The number of aliphatic carboxylic acids is 1. The number of hydrogen-bond donors (Lipinski definition) is 1. The number of nitriles is 1. The molecule has 4 nitrogen and oxygen atoms in total. The molecule has 4 heteroatoms. The average molecular weight is 202 g/mol. The maximum atomic E-state index is 10.3. The standard InChI is InChI=1S/C11H10N2O2/c1-13(7-6-11(14)15)10-5-3-2-4-9(10)8-12/h2-7H,1H3,(H,14,15). The first kappa shape index (κ1) is 10.8. The van der Waals surface area contributed by atoms with E-state index in [1.165, 1.54) is 6.20 Å². The molecule has 1 rings (SSSR count). The van der Waals surface area contributed by atoms with E-state index in [-0.39, 0.29) is 0 Å². The van der Waals surface area contributed by atoms with Crippen LogP contribution in [0, 0.1) is 11.3 Å². The number of carboxylic acid groups (broad SMARTS) is 1. The minimum absolute atomic E-state index is 0.509. The summed E-state index contributed by atoms with van der Waals surface area (Å²) in [5, 5.41) is 17.3. The summed E-state index contributed by atoms with van der Waals surface area (Å²) in [5.74, 6) is -1.02. The van der Waals surface area contributed by atoms with E-state index < -0.39 is 5.97 Å². The minimum Gasteiger partial charge on any atom is -0.478 e. The molecule has 1 aromatic carbocycles. The fourth-order valence-corrected chi connectivity index (χ4v) is 1.13. The van der Waals surface area contributed by atoms with Gasteiger partial charge in [-0.1, -0.05) is 12.1 Å². The Morgan fingerprint density at radius 1 is 1.53 bits per heavy atom. The van der Waals surface area contributed by atoms with Crippen LogP contribution in [0.3, 0.4) is 0 Å². The lowest BCUT2D eigenvalue weighted by Crippen LogP contribution is -2.10. The Bertz CT molecular complexity index is 432. The van der Waals surface area contributed by atoms with Gasteiger partial charge in [0.05, 0.1) is 11.3 Å². The molecule has 0 aliphatic heterocycles. The van der Waals surface area contributed by atoms with Gasteiger partial charge in [-0.05, 0) is 12.1 Å². The third kappa shape index (κ3) is 2.85. The number of rotatable bonds is 3. The van der Waals surface area contributed by atoms with Crippen molar-refractivity contribution in [1.29, 1.82) is 5.26 Å². The lowest BCUT2D eigenvalue weighted by Gasteiger charge is -2.14.